The Kier molecular flexibility index (Phi) is 5.79. The number of nitrogens with zero attached hydrogens (tertiary/aromatic N) is 1. The number of hydrogen-bond donors (Lipinski definition) is 0. The van der Waals surface area contributed by atoms with E-state index in [1.54, 1.807) is 12.1 Å². The molecule has 1 heterocycles. The van der Waals surface area contributed by atoms with Crippen LogP contribution < -0.4 is 14.2 Å². The Labute approximate surface area is 163 Å². The maximum absolute atomic E-state index is 12.2. The molecule has 0 unspecified atom stereocenters. The van der Waals surface area contributed by atoms with Crippen LogP contribution in [0.4, 0.5) is 8.78 Å². The SMILES string of the molecule is COc1cc(C=C2N=C(c3ccc(OC(F)F)cc3)OC2=O)cc(Cl)c1OC. The van der Waals surface area contributed by atoms with Gasteiger partial charge < -0.3 is 18.9 Å². The number of aliphatic imine (C=N–C) groups is 1. The van der Waals surface area contributed by atoms with Crippen molar-refractivity contribution in [3.63, 3.8) is 0 Å². The lowest BCUT2D eigenvalue weighted by Crippen LogP contribution is -2.06. The summed E-state index contributed by atoms with van der Waals surface area (Å²) in [5, 5.41) is 0.305. The Morgan fingerprint density at radius 1 is 1.14 bits per heavy atom. The van der Waals surface area contributed by atoms with E-state index in [1.807, 2.05) is 0 Å². The third-order valence-corrected chi connectivity index (χ3v) is 3.99. The Hall–Kier alpha value is -3.13. The van der Waals surface area contributed by atoms with Crippen molar-refractivity contribution in [3.05, 3.63) is 58.2 Å². The first-order valence-electron chi connectivity index (χ1n) is 7.90. The second kappa shape index (κ2) is 8.26. The number of carbonyl (C=O) groups is 1. The zero-order valence-corrected chi connectivity index (χ0v) is 15.5. The average Bonchev–Trinajstić information content (AvgIpc) is 3.01. The molecule has 0 amide bonds. The van der Waals surface area contributed by atoms with Gasteiger partial charge in [0.15, 0.2) is 17.2 Å². The van der Waals surface area contributed by atoms with E-state index < -0.39 is 12.6 Å². The molecular formula is C19H14ClF2NO5. The summed E-state index contributed by atoms with van der Waals surface area (Å²) < 4.78 is 44.2. The van der Waals surface area contributed by atoms with Crippen LogP contribution in [0.3, 0.4) is 0 Å². The molecule has 0 aromatic heterocycles. The van der Waals surface area contributed by atoms with Gasteiger partial charge in [-0.05, 0) is 48.0 Å². The van der Waals surface area contributed by atoms with E-state index >= 15 is 0 Å². The fourth-order valence-corrected chi connectivity index (χ4v) is 2.79. The summed E-state index contributed by atoms with van der Waals surface area (Å²) in [6.45, 7) is -2.92. The zero-order chi connectivity index (χ0) is 20.3. The Morgan fingerprint density at radius 2 is 1.86 bits per heavy atom. The molecule has 9 heteroatoms. The number of alkyl halides is 2. The van der Waals surface area contributed by atoms with Gasteiger partial charge >= 0.3 is 12.6 Å². The maximum atomic E-state index is 12.2. The lowest BCUT2D eigenvalue weighted by molar-refractivity contribution is -0.129. The highest BCUT2D eigenvalue weighted by Crippen LogP contribution is 2.37. The smallest absolute Gasteiger partial charge is 0.387 e. The van der Waals surface area contributed by atoms with Gasteiger partial charge in [-0.15, -0.1) is 0 Å². The molecule has 1 aliphatic heterocycles. The minimum absolute atomic E-state index is 0.0144. The van der Waals surface area contributed by atoms with Gasteiger partial charge in [-0.1, -0.05) is 11.6 Å². The van der Waals surface area contributed by atoms with Gasteiger partial charge in [0.05, 0.1) is 19.2 Å². The first-order chi connectivity index (χ1) is 13.4. The largest absolute Gasteiger partial charge is 0.493 e. The number of halogens is 3. The number of benzene rings is 2. The topological polar surface area (TPSA) is 66.3 Å². The van der Waals surface area contributed by atoms with Crippen molar-refractivity contribution in [2.45, 2.75) is 6.61 Å². The minimum Gasteiger partial charge on any atom is -0.493 e. The van der Waals surface area contributed by atoms with Crippen molar-refractivity contribution >= 4 is 29.5 Å². The maximum Gasteiger partial charge on any atom is 0.387 e. The van der Waals surface area contributed by atoms with Gasteiger partial charge in [-0.2, -0.15) is 8.78 Å². The highest BCUT2D eigenvalue weighted by Gasteiger charge is 2.24. The highest BCUT2D eigenvalue weighted by molar-refractivity contribution is 6.32. The molecule has 2 aromatic rings. The van der Waals surface area contributed by atoms with Crippen LogP contribution >= 0.6 is 11.6 Å². The molecule has 0 saturated heterocycles. The molecule has 0 saturated carbocycles. The highest BCUT2D eigenvalue weighted by atomic mass is 35.5. The molecule has 0 aliphatic carbocycles. The van der Waals surface area contributed by atoms with Gasteiger partial charge in [0.25, 0.3) is 0 Å². The van der Waals surface area contributed by atoms with E-state index in [2.05, 4.69) is 9.73 Å². The summed E-state index contributed by atoms with van der Waals surface area (Å²) in [6.07, 6.45) is 1.48. The molecule has 0 radical (unpaired) electrons. The average molecular weight is 410 g/mol. The minimum atomic E-state index is -2.92. The van der Waals surface area contributed by atoms with E-state index in [9.17, 15) is 13.6 Å². The third kappa shape index (κ3) is 4.23. The number of esters is 1. The molecular weight excluding hydrogens is 396 g/mol. The van der Waals surface area contributed by atoms with Crippen molar-refractivity contribution in [1.82, 2.24) is 0 Å². The first kappa shape index (κ1) is 19.6. The van der Waals surface area contributed by atoms with Gasteiger partial charge in [0.1, 0.15) is 5.75 Å². The van der Waals surface area contributed by atoms with Crippen LogP contribution in [0, 0.1) is 0 Å². The van der Waals surface area contributed by atoms with Crippen LogP contribution in [0.1, 0.15) is 11.1 Å². The number of cyclic esters (lactones) is 1. The second-order valence-electron chi connectivity index (χ2n) is 5.48. The fraction of sp³-hybridized carbons (Fsp3) is 0.158. The monoisotopic (exact) mass is 409 g/mol. The Bertz CT molecular complexity index is 958. The predicted octanol–water partition coefficient (Wildman–Crippen LogP) is 4.30. The molecule has 3 rings (SSSR count). The molecule has 6 nitrogen and oxygen atoms in total. The van der Waals surface area contributed by atoms with Crippen LogP contribution in [-0.2, 0) is 9.53 Å². The van der Waals surface area contributed by atoms with Crippen LogP contribution in [0.25, 0.3) is 6.08 Å². The lowest BCUT2D eigenvalue weighted by Gasteiger charge is -2.10. The molecule has 0 atom stereocenters. The summed E-state index contributed by atoms with van der Waals surface area (Å²) in [7, 11) is 2.93. The molecule has 146 valence electrons. The zero-order valence-electron chi connectivity index (χ0n) is 14.7. The third-order valence-electron chi connectivity index (χ3n) is 3.71. The fourth-order valence-electron chi connectivity index (χ4n) is 2.49. The van der Waals surface area contributed by atoms with E-state index in [0.29, 0.717) is 27.6 Å². The number of methoxy groups -OCH3 is 2. The number of ether oxygens (including phenoxy) is 4. The number of hydrogen-bond acceptors (Lipinski definition) is 6. The van der Waals surface area contributed by atoms with Crippen LogP contribution in [0.2, 0.25) is 5.02 Å². The lowest BCUT2D eigenvalue weighted by atomic mass is 10.1. The second-order valence-corrected chi connectivity index (χ2v) is 5.88. The normalized spacial score (nSPS) is 14.9. The number of rotatable bonds is 6. The first-order valence-corrected chi connectivity index (χ1v) is 8.28. The van der Waals surface area contributed by atoms with Gasteiger partial charge in [-0.25, -0.2) is 9.79 Å². The van der Waals surface area contributed by atoms with Crippen molar-refractivity contribution in [2.24, 2.45) is 4.99 Å². The summed E-state index contributed by atoms with van der Waals surface area (Å²) in [5.74, 6) is 0.141. The molecule has 1 aliphatic rings. The Morgan fingerprint density at radius 3 is 2.46 bits per heavy atom. The van der Waals surface area contributed by atoms with Gasteiger partial charge in [-0.3, -0.25) is 0 Å². The predicted molar refractivity (Wildman–Crippen MR) is 98.2 cm³/mol. The van der Waals surface area contributed by atoms with E-state index in [1.165, 1.54) is 44.6 Å². The standard InChI is InChI=1S/C19H14ClF2NO5/c1-25-15-9-10(7-13(20)16(15)26-2)8-14-18(24)28-17(23-14)11-3-5-12(6-4-11)27-19(21)22/h3-9,19H,1-2H3. The number of carbonyl (C=O) groups excluding carboxylic acids is 1. The molecule has 0 bridgehead atoms. The van der Waals surface area contributed by atoms with Crippen LogP contribution in [0.15, 0.2) is 47.1 Å². The molecule has 28 heavy (non-hydrogen) atoms. The van der Waals surface area contributed by atoms with E-state index in [-0.39, 0.29) is 17.3 Å². The Balaban J connectivity index is 1.88. The molecule has 0 spiro atoms. The van der Waals surface area contributed by atoms with Crippen LogP contribution in [0.5, 0.6) is 17.2 Å². The summed E-state index contributed by atoms with van der Waals surface area (Å²) in [6, 6.07) is 8.80. The quantitative estimate of drug-likeness (QED) is 0.525. The van der Waals surface area contributed by atoms with Gasteiger partial charge in [0.2, 0.25) is 5.90 Å². The van der Waals surface area contributed by atoms with E-state index in [4.69, 9.17) is 25.8 Å². The molecule has 0 fully saturated rings. The van der Waals surface area contributed by atoms with Crippen molar-refractivity contribution in [2.75, 3.05) is 14.2 Å². The summed E-state index contributed by atoms with van der Waals surface area (Å²) in [5.41, 5.74) is 1.04. The molecule has 0 N–H and O–H groups in total. The van der Waals surface area contributed by atoms with Crippen molar-refractivity contribution < 1.29 is 32.5 Å². The molecule has 2 aromatic carbocycles. The van der Waals surface area contributed by atoms with Gasteiger partial charge in [0, 0.05) is 5.56 Å². The van der Waals surface area contributed by atoms with Crippen LogP contribution in [-0.4, -0.2) is 32.7 Å². The summed E-state index contributed by atoms with van der Waals surface area (Å²) >= 11 is 6.16. The summed E-state index contributed by atoms with van der Waals surface area (Å²) in [4.78, 5) is 16.3. The van der Waals surface area contributed by atoms with Crippen molar-refractivity contribution in [1.29, 1.82) is 0 Å². The van der Waals surface area contributed by atoms with E-state index in [0.717, 1.165) is 0 Å². The van der Waals surface area contributed by atoms with Crippen molar-refractivity contribution in [3.8, 4) is 17.2 Å².